The van der Waals surface area contributed by atoms with Crippen LogP contribution in [0.4, 0.5) is 5.69 Å². The van der Waals surface area contributed by atoms with Crippen LogP contribution in [-0.2, 0) is 9.53 Å². The lowest BCUT2D eigenvalue weighted by atomic mass is 10.2. The van der Waals surface area contributed by atoms with Crippen molar-refractivity contribution in [2.75, 3.05) is 6.61 Å². The molecule has 4 nitrogen and oxygen atoms in total. The number of carbonyl (C=O) groups is 1. The third-order valence-electron chi connectivity index (χ3n) is 3.07. The van der Waals surface area contributed by atoms with Crippen molar-refractivity contribution in [1.29, 1.82) is 0 Å². The van der Waals surface area contributed by atoms with E-state index in [-0.39, 0.29) is 18.7 Å². The number of nitrogens with zero attached hydrogens (tertiary/aromatic N) is 1. The van der Waals surface area contributed by atoms with Crippen LogP contribution in [0, 0.1) is 6.92 Å². The molecule has 120 valence electrons. The van der Waals surface area contributed by atoms with Crippen molar-refractivity contribution >= 4 is 17.9 Å². The molecule has 0 saturated carbocycles. The Labute approximate surface area is 136 Å². The van der Waals surface area contributed by atoms with Gasteiger partial charge in [-0.05, 0) is 62.2 Å². The van der Waals surface area contributed by atoms with E-state index in [4.69, 9.17) is 9.47 Å². The van der Waals surface area contributed by atoms with Crippen LogP contribution in [0.2, 0.25) is 0 Å². The van der Waals surface area contributed by atoms with Gasteiger partial charge in [-0.1, -0.05) is 18.2 Å². The molecule has 0 aromatic heterocycles. The highest BCUT2D eigenvalue weighted by Crippen LogP contribution is 2.17. The Bertz CT molecular complexity index is 675. The molecule has 0 N–H and O–H groups in total. The molecule has 0 saturated heterocycles. The molecule has 0 unspecified atom stereocenters. The predicted molar refractivity (Wildman–Crippen MR) is 91.6 cm³/mol. The molecule has 4 heteroatoms. The second-order valence-electron chi connectivity index (χ2n) is 5.44. The van der Waals surface area contributed by atoms with Crippen LogP contribution in [0.25, 0.3) is 0 Å². The molecule has 0 fully saturated rings. The zero-order valence-corrected chi connectivity index (χ0v) is 13.7. The number of hydrogen-bond acceptors (Lipinski definition) is 4. The largest absolute Gasteiger partial charge is 0.482 e. The van der Waals surface area contributed by atoms with Gasteiger partial charge in [-0.2, -0.15) is 0 Å². The van der Waals surface area contributed by atoms with Crippen molar-refractivity contribution < 1.29 is 14.3 Å². The van der Waals surface area contributed by atoms with Crippen molar-refractivity contribution in [3.63, 3.8) is 0 Å². The average molecular weight is 311 g/mol. The summed E-state index contributed by atoms with van der Waals surface area (Å²) in [5.41, 5.74) is 3.04. The second-order valence-corrected chi connectivity index (χ2v) is 5.44. The molecular weight excluding hydrogens is 290 g/mol. The van der Waals surface area contributed by atoms with Gasteiger partial charge in [0.1, 0.15) is 5.75 Å². The molecule has 2 rings (SSSR count). The Morgan fingerprint density at radius 3 is 2.48 bits per heavy atom. The maximum atomic E-state index is 11.4. The molecule has 0 heterocycles. The average Bonchev–Trinajstić information content (AvgIpc) is 2.52. The first kappa shape index (κ1) is 16.7. The molecule has 0 spiro atoms. The van der Waals surface area contributed by atoms with E-state index in [2.05, 4.69) is 4.99 Å². The predicted octanol–water partition coefficient (Wildman–Crippen LogP) is 4.08. The van der Waals surface area contributed by atoms with Gasteiger partial charge in [-0.25, -0.2) is 4.79 Å². The minimum Gasteiger partial charge on any atom is -0.482 e. The molecule has 23 heavy (non-hydrogen) atoms. The van der Waals surface area contributed by atoms with E-state index in [0.29, 0.717) is 5.75 Å². The second kappa shape index (κ2) is 8.13. The number of hydrogen-bond donors (Lipinski definition) is 0. The Morgan fingerprint density at radius 1 is 1.13 bits per heavy atom. The zero-order chi connectivity index (χ0) is 16.7. The van der Waals surface area contributed by atoms with Crippen LogP contribution < -0.4 is 4.74 Å². The number of rotatable bonds is 6. The highest BCUT2D eigenvalue weighted by atomic mass is 16.6. The minimum absolute atomic E-state index is 0.0885. The summed E-state index contributed by atoms with van der Waals surface area (Å²) < 4.78 is 10.4. The summed E-state index contributed by atoms with van der Waals surface area (Å²) in [5.74, 6) is 0.254. The molecule has 0 bridgehead atoms. The molecule has 0 atom stereocenters. The molecule has 0 aliphatic carbocycles. The van der Waals surface area contributed by atoms with Crippen molar-refractivity contribution in [3.8, 4) is 5.75 Å². The monoisotopic (exact) mass is 311 g/mol. The summed E-state index contributed by atoms with van der Waals surface area (Å²) in [5, 5.41) is 0. The normalized spacial score (nSPS) is 11.0. The quantitative estimate of drug-likeness (QED) is 0.596. The summed E-state index contributed by atoms with van der Waals surface area (Å²) in [6.45, 7) is 5.55. The van der Waals surface area contributed by atoms with E-state index in [1.165, 1.54) is 0 Å². The van der Waals surface area contributed by atoms with Crippen molar-refractivity contribution in [1.82, 2.24) is 0 Å². The van der Waals surface area contributed by atoms with Crippen LogP contribution >= 0.6 is 0 Å². The standard InChI is InChI=1S/C19H21NO3/c1-14(2)23-19(21)13-22-17-10-8-16(9-11-17)12-20-18-7-5-4-6-15(18)3/h4-12,14H,13H2,1-3H3. The number of carbonyl (C=O) groups excluding carboxylic acids is 1. The lowest BCUT2D eigenvalue weighted by Crippen LogP contribution is -2.18. The number of para-hydroxylation sites is 1. The molecule has 2 aromatic rings. The lowest BCUT2D eigenvalue weighted by molar-refractivity contribution is -0.149. The van der Waals surface area contributed by atoms with Gasteiger partial charge >= 0.3 is 5.97 Å². The number of aliphatic imine (C=N–C) groups is 1. The van der Waals surface area contributed by atoms with E-state index in [9.17, 15) is 4.79 Å². The summed E-state index contributed by atoms with van der Waals surface area (Å²) in [7, 11) is 0. The van der Waals surface area contributed by atoms with Gasteiger partial charge in [0.25, 0.3) is 0 Å². The van der Waals surface area contributed by atoms with E-state index in [1.54, 1.807) is 20.1 Å². The number of aryl methyl sites for hydroxylation is 1. The maximum Gasteiger partial charge on any atom is 0.344 e. The topological polar surface area (TPSA) is 47.9 Å². The first-order valence-corrected chi connectivity index (χ1v) is 7.56. The first-order chi connectivity index (χ1) is 11.0. The summed E-state index contributed by atoms with van der Waals surface area (Å²) in [4.78, 5) is 15.9. The van der Waals surface area contributed by atoms with Gasteiger partial charge < -0.3 is 9.47 Å². The fraction of sp³-hybridized carbons (Fsp3) is 0.263. The van der Waals surface area contributed by atoms with Gasteiger partial charge in [0.2, 0.25) is 0 Å². The zero-order valence-electron chi connectivity index (χ0n) is 13.7. The Balaban J connectivity index is 1.92. The van der Waals surface area contributed by atoms with E-state index in [0.717, 1.165) is 16.8 Å². The lowest BCUT2D eigenvalue weighted by Gasteiger charge is -2.09. The minimum atomic E-state index is -0.370. The van der Waals surface area contributed by atoms with E-state index in [1.807, 2.05) is 55.5 Å². The van der Waals surface area contributed by atoms with Crippen LogP contribution in [0.3, 0.4) is 0 Å². The summed E-state index contributed by atoms with van der Waals surface area (Å²) >= 11 is 0. The molecular formula is C19H21NO3. The summed E-state index contributed by atoms with van der Waals surface area (Å²) in [6.07, 6.45) is 1.67. The highest BCUT2D eigenvalue weighted by Gasteiger charge is 2.06. The van der Waals surface area contributed by atoms with Crippen LogP contribution in [0.5, 0.6) is 5.75 Å². The number of benzene rings is 2. The van der Waals surface area contributed by atoms with Gasteiger partial charge in [0.15, 0.2) is 6.61 Å². The molecule has 0 radical (unpaired) electrons. The number of esters is 1. The Kier molecular flexibility index (Phi) is 5.92. The van der Waals surface area contributed by atoms with E-state index < -0.39 is 0 Å². The van der Waals surface area contributed by atoms with Crippen LogP contribution in [-0.4, -0.2) is 24.9 Å². The maximum absolute atomic E-state index is 11.4. The smallest absolute Gasteiger partial charge is 0.344 e. The SMILES string of the molecule is Cc1ccccc1N=Cc1ccc(OCC(=O)OC(C)C)cc1. The third-order valence-corrected chi connectivity index (χ3v) is 3.07. The fourth-order valence-corrected chi connectivity index (χ4v) is 1.94. The van der Waals surface area contributed by atoms with Crippen LogP contribution in [0.1, 0.15) is 25.0 Å². The third kappa shape index (κ3) is 5.58. The summed E-state index contributed by atoms with van der Waals surface area (Å²) in [6, 6.07) is 15.4. The van der Waals surface area contributed by atoms with Crippen molar-refractivity contribution in [3.05, 3.63) is 59.7 Å². The van der Waals surface area contributed by atoms with Gasteiger partial charge in [0.05, 0.1) is 11.8 Å². The van der Waals surface area contributed by atoms with Crippen molar-refractivity contribution in [2.24, 2.45) is 4.99 Å². The molecule has 0 aliphatic heterocycles. The molecule has 2 aromatic carbocycles. The highest BCUT2D eigenvalue weighted by molar-refractivity contribution is 5.82. The molecule has 0 amide bonds. The Morgan fingerprint density at radius 2 is 1.83 bits per heavy atom. The van der Waals surface area contributed by atoms with E-state index >= 15 is 0 Å². The number of ether oxygens (including phenoxy) is 2. The molecule has 0 aliphatic rings. The van der Waals surface area contributed by atoms with Gasteiger partial charge in [0, 0.05) is 6.21 Å². The fourth-order valence-electron chi connectivity index (χ4n) is 1.94. The van der Waals surface area contributed by atoms with Gasteiger partial charge in [-0.3, -0.25) is 4.99 Å². The first-order valence-electron chi connectivity index (χ1n) is 7.56. The van der Waals surface area contributed by atoms with Crippen LogP contribution in [0.15, 0.2) is 53.5 Å². The Hall–Kier alpha value is -2.62. The van der Waals surface area contributed by atoms with Gasteiger partial charge in [-0.15, -0.1) is 0 Å². The van der Waals surface area contributed by atoms with Crippen molar-refractivity contribution in [2.45, 2.75) is 26.9 Å².